The van der Waals surface area contributed by atoms with Crippen LogP contribution in [0.3, 0.4) is 0 Å². The lowest BCUT2D eigenvalue weighted by Crippen LogP contribution is -2.34. The molecule has 0 aliphatic carbocycles. The van der Waals surface area contributed by atoms with Crippen molar-refractivity contribution in [3.8, 4) is 0 Å². The standard InChI is InChI=1S/C33H43NS/c1-31(2,3)26-20-27(32(4,5)6)29(28(21-26)33(7,8)9)30(35)34(22-24-16-12-10-13-17-24)23-25-18-14-11-15-19-25/h10-21H,22-23H2,1-9H3. The fourth-order valence-electron chi connectivity index (χ4n) is 4.45. The number of hydrogen-bond donors (Lipinski definition) is 0. The lowest BCUT2D eigenvalue weighted by Gasteiger charge is -2.36. The predicted molar refractivity (Wildman–Crippen MR) is 156 cm³/mol. The average Bonchev–Trinajstić information content (AvgIpc) is 2.77. The zero-order chi connectivity index (χ0) is 26.0. The Bertz CT molecular complexity index is 1060. The molecule has 0 N–H and O–H groups in total. The van der Waals surface area contributed by atoms with Crippen LogP contribution in [0.25, 0.3) is 0 Å². The van der Waals surface area contributed by atoms with Crippen LogP contribution in [-0.2, 0) is 29.3 Å². The first-order chi connectivity index (χ1) is 16.2. The molecule has 0 heterocycles. The van der Waals surface area contributed by atoms with Gasteiger partial charge in [-0.15, -0.1) is 0 Å². The molecule has 0 saturated carbocycles. The summed E-state index contributed by atoms with van der Waals surface area (Å²) in [6.07, 6.45) is 0. The Balaban J connectivity index is 2.23. The van der Waals surface area contributed by atoms with E-state index in [1.807, 2.05) is 0 Å². The average molecular weight is 486 g/mol. The number of hydrogen-bond acceptors (Lipinski definition) is 1. The summed E-state index contributed by atoms with van der Waals surface area (Å²) in [6.45, 7) is 22.3. The summed E-state index contributed by atoms with van der Waals surface area (Å²) in [6, 6.07) is 26.2. The maximum atomic E-state index is 6.42. The molecule has 1 nitrogen and oxygen atoms in total. The Morgan fingerprint density at radius 2 is 0.971 bits per heavy atom. The van der Waals surface area contributed by atoms with Crippen LogP contribution in [0.1, 0.15) is 95.7 Å². The Labute approximate surface area is 219 Å². The van der Waals surface area contributed by atoms with Gasteiger partial charge >= 0.3 is 0 Å². The molecule has 0 atom stereocenters. The van der Waals surface area contributed by atoms with Crippen molar-refractivity contribution in [1.82, 2.24) is 4.90 Å². The van der Waals surface area contributed by atoms with Gasteiger partial charge < -0.3 is 4.90 Å². The monoisotopic (exact) mass is 485 g/mol. The van der Waals surface area contributed by atoms with Crippen LogP contribution < -0.4 is 0 Å². The molecular weight excluding hydrogens is 442 g/mol. The first-order valence-corrected chi connectivity index (χ1v) is 13.2. The maximum Gasteiger partial charge on any atom is 0.110 e. The van der Waals surface area contributed by atoms with Gasteiger partial charge in [0.05, 0.1) is 0 Å². The number of thiocarbonyl (C=S) groups is 1. The van der Waals surface area contributed by atoms with Crippen LogP contribution in [-0.4, -0.2) is 9.89 Å². The smallest absolute Gasteiger partial charge is 0.110 e. The second kappa shape index (κ2) is 10.3. The molecular formula is C33H43NS. The molecule has 35 heavy (non-hydrogen) atoms. The summed E-state index contributed by atoms with van der Waals surface area (Å²) in [5, 5.41) is 0. The molecule has 0 saturated heterocycles. The highest BCUT2D eigenvalue weighted by molar-refractivity contribution is 7.80. The van der Waals surface area contributed by atoms with Crippen molar-refractivity contribution in [2.75, 3.05) is 0 Å². The molecule has 3 rings (SSSR count). The number of rotatable bonds is 5. The van der Waals surface area contributed by atoms with Gasteiger partial charge in [-0.3, -0.25) is 0 Å². The van der Waals surface area contributed by atoms with Crippen molar-refractivity contribution < 1.29 is 0 Å². The minimum Gasteiger partial charge on any atom is -0.354 e. The lowest BCUT2D eigenvalue weighted by atomic mass is 9.72. The van der Waals surface area contributed by atoms with E-state index in [4.69, 9.17) is 12.2 Å². The Morgan fingerprint density at radius 1 is 0.600 bits per heavy atom. The van der Waals surface area contributed by atoms with Crippen LogP contribution in [0, 0.1) is 0 Å². The van der Waals surface area contributed by atoms with Gasteiger partial charge in [0.15, 0.2) is 0 Å². The fraction of sp³-hybridized carbons (Fsp3) is 0.424. The van der Waals surface area contributed by atoms with Gasteiger partial charge in [-0.2, -0.15) is 0 Å². The largest absolute Gasteiger partial charge is 0.354 e. The van der Waals surface area contributed by atoms with E-state index in [2.05, 4.69) is 140 Å². The Morgan fingerprint density at radius 3 is 1.29 bits per heavy atom. The van der Waals surface area contributed by atoms with Crippen molar-refractivity contribution in [3.05, 3.63) is 106 Å². The first-order valence-electron chi connectivity index (χ1n) is 12.7. The summed E-state index contributed by atoms with van der Waals surface area (Å²) in [5.41, 5.74) is 7.82. The van der Waals surface area contributed by atoms with E-state index in [1.54, 1.807) is 0 Å². The minimum absolute atomic E-state index is 0.0359. The zero-order valence-electron chi connectivity index (χ0n) is 23.2. The third-order valence-electron chi connectivity index (χ3n) is 6.55. The Hall–Kier alpha value is -2.45. The molecule has 3 aromatic carbocycles. The van der Waals surface area contributed by atoms with E-state index in [-0.39, 0.29) is 16.2 Å². The summed E-state index contributed by atoms with van der Waals surface area (Å²) in [4.78, 5) is 3.32. The molecule has 2 heteroatoms. The number of nitrogens with zero attached hydrogens (tertiary/aromatic N) is 1. The highest BCUT2D eigenvalue weighted by atomic mass is 32.1. The highest BCUT2D eigenvalue weighted by Crippen LogP contribution is 2.39. The second-order valence-corrected chi connectivity index (χ2v) is 13.2. The third-order valence-corrected chi connectivity index (χ3v) is 7.02. The molecule has 0 aliphatic heterocycles. The first kappa shape index (κ1) is 27.1. The Kier molecular flexibility index (Phi) is 7.96. The molecule has 0 radical (unpaired) electrons. The van der Waals surface area contributed by atoms with Crippen molar-refractivity contribution in [3.63, 3.8) is 0 Å². The molecule has 0 fully saturated rings. The van der Waals surface area contributed by atoms with Gasteiger partial charge in [-0.1, -0.05) is 147 Å². The fourth-order valence-corrected chi connectivity index (χ4v) is 4.80. The topological polar surface area (TPSA) is 3.24 Å². The summed E-state index contributed by atoms with van der Waals surface area (Å²) in [5.74, 6) is 0. The number of benzene rings is 3. The molecule has 3 aromatic rings. The molecule has 0 aliphatic rings. The molecule has 186 valence electrons. The lowest BCUT2D eigenvalue weighted by molar-refractivity contribution is 0.412. The van der Waals surface area contributed by atoms with E-state index in [0.29, 0.717) is 0 Å². The van der Waals surface area contributed by atoms with E-state index in [9.17, 15) is 0 Å². The van der Waals surface area contributed by atoms with E-state index in [0.717, 1.165) is 18.1 Å². The molecule has 0 spiro atoms. The second-order valence-electron chi connectivity index (χ2n) is 12.8. The molecule has 0 amide bonds. The van der Waals surface area contributed by atoms with Gasteiger partial charge in [0.1, 0.15) is 4.99 Å². The quantitative estimate of drug-likeness (QED) is 0.332. The van der Waals surface area contributed by atoms with Crippen molar-refractivity contribution in [2.45, 2.75) is 91.6 Å². The van der Waals surface area contributed by atoms with Crippen LogP contribution in [0.4, 0.5) is 0 Å². The SMILES string of the molecule is CC(C)(C)c1cc(C(C)(C)C)c(C(=S)N(Cc2ccccc2)Cc2ccccc2)c(C(C)(C)C)c1. The van der Waals surface area contributed by atoms with Crippen molar-refractivity contribution >= 4 is 17.2 Å². The van der Waals surface area contributed by atoms with Gasteiger partial charge in [-0.05, 0) is 44.1 Å². The molecule has 0 bridgehead atoms. The van der Waals surface area contributed by atoms with Gasteiger partial charge in [0.25, 0.3) is 0 Å². The highest BCUT2D eigenvalue weighted by Gasteiger charge is 2.32. The van der Waals surface area contributed by atoms with E-state index < -0.39 is 0 Å². The normalized spacial score (nSPS) is 12.5. The third kappa shape index (κ3) is 6.82. The van der Waals surface area contributed by atoms with Gasteiger partial charge in [-0.25, -0.2) is 0 Å². The van der Waals surface area contributed by atoms with Gasteiger partial charge in [0.2, 0.25) is 0 Å². The summed E-state index contributed by atoms with van der Waals surface area (Å²) < 4.78 is 0. The predicted octanol–water partition coefficient (Wildman–Crippen LogP) is 8.96. The summed E-state index contributed by atoms with van der Waals surface area (Å²) >= 11 is 6.42. The molecule has 0 aromatic heterocycles. The summed E-state index contributed by atoms with van der Waals surface area (Å²) in [7, 11) is 0. The van der Waals surface area contributed by atoms with Crippen LogP contribution in [0.5, 0.6) is 0 Å². The zero-order valence-corrected chi connectivity index (χ0v) is 24.0. The van der Waals surface area contributed by atoms with E-state index in [1.165, 1.54) is 33.4 Å². The maximum absolute atomic E-state index is 6.42. The van der Waals surface area contributed by atoms with Crippen LogP contribution in [0.15, 0.2) is 72.8 Å². The molecule has 0 unspecified atom stereocenters. The van der Waals surface area contributed by atoms with Crippen LogP contribution >= 0.6 is 12.2 Å². The van der Waals surface area contributed by atoms with E-state index >= 15 is 0 Å². The van der Waals surface area contributed by atoms with Crippen LogP contribution in [0.2, 0.25) is 0 Å². The minimum atomic E-state index is -0.0359. The van der Waals surface area contributed by atoms with Crippen molar-refractivity contribution in [2.24, 2.45) is 0 Å². The van der Waals surface area contributed by atoms with Crippen molar-refractivity contribution in [1.29, 1.82) is 0 Å². The van der Waals surface area contributed by atoms with Gasteiger partial charge in [0, 0.05) is 18.7 Å².